The molecule has 0 spiro atoms. The lowest BCUT2D eigenvalue weighted by Gasteiger charge is -2.19. The van der Waals surface area contributed by atoms with Gasteiger partial charge in [0.05, 0.1) is 11.3 Å². The molecule has 0 saturated carbocycles. The molecule has 2 aromatic heterocycles. The number of carbonyl (C=O) groups is 1. The number of halogens is 3. The Morgan fingerprint density at radius 2 is 1.80 bits per heavy atom. The molecule has 9 heteroatoms. The van der Waals surface area contributed by atoms with Crippen molar-refractivity contribution in [2.75, 3.05) is 18.4 Å². The fraction of sp³-hybridized carbons (Fsp3) is 0.286. The van der Waals surface area contributed by atoms with Gasteiger partial charge in [-0.25, -0.2) is 9.97 Å². The number of benzene rings is 1. The Morgan fingerprint density at radius 3 is 2.47 bits per heavy atom. The van der Waals surface area contributed by atoms with E-state index in [1.165, 1.54) is 30.5 Å². The van der Waals surface area contributed by atoms with Crippen molar-refractivity contribution >= 4 is 28.3 Å². The summed E-state index contributed by atoms with van der Waals surface area (Å²) in [5.41, 5.74) is 2.69. The SMILES string of the molecule is Cc1ccc2c(Nc3ccc(OC(F)(F)F)cc3)c(C(=O)N3CCCC3)cnc2n1. The van der Waals surface area contributed by atoms with E-state index in [0.29, 0.717) is 41.1 Å². The van der Waals surface area contributed by atoms with Crippen LogP contribution in [0.1, 0.15) is 28.9 Å². The predicted octanol–water partition coefficient (Wildman–Crippen LogP) is 4.82. The average molecular weight is 416 g/mol. The zero-order valence-electron chi connectivity index (χ0n) is 16.2. The zero-order valence-corrected chi connectivity index (χ0v) is 16.2. The summed E-state index contributed by atoms with van der Waals surface area (Å²) in [7, 11) is 0. The number of hydrogen-bond donors (Lipinski definition) is 1. The topological polar surface area (TPSA) is 67.3 Å². The fourth-order valence-electron chi connectivity index (χ4n) is 3.44. The number of aromatic nitrogens is 2. The summed E-state index contributed by atoms with van der Waals surface area (Å²) < 4.78 is 41.1. The van der Waals surface area contributed by atoms with Crippen LogP contribution in [0.5, 0.6) is 5.75 Å². The highest BCUT2D eigenvalue weighted by Crippen LogP contribution is 2.31. The van der Waals surface area contributed by atoms with Crippen molar-refractivity contribution in [1.29, 1.82) is 0 Å². The number of ether oxygens (including phenoxy) is 1. The maximum atomic E-state index is 13.1. The van der Waals surface area contributed by atoms with Gasteiger partial charge in [0.1, 0.15) is 5.75 Å². The Balaban J connectivity index is 1.72. The van der Waals surface area contributed by atoms with Crippen LogP contribution in [0.2, 0.25) is 0 Å². The molecule has 0 atom stereocenters. The van der Waals surface area contributed by atoms with Crippen LogP contribution in [-0.2, 0) is 0 Å². The minimum atomic E-state index is -4.75. The highest BCUT2D eigenvalue weighted by Gasteiger charge is 2.31. The molecule has 1 saturated heterocycles. The number of hydrogen-bond acceptors (Lipinski definition) is 5. The van der Waals surface area contributed by atoms with Crippen molar-refractivity contribution in [3.63, 3.8) is 0 Å². The second-order valence-electron chi connectivity index (χ2n) is 7.07. The molecule has 1 N–H and O–H groups in total. The van der Waals surface area contributed by atoms with E-state index < -0.39 is 6.36 Å². The number of nitrogens with one attached hydrogen (secondary N) is 1. The Bertz CT molecular complexity index is 1080. The molecule has 0 aliphatic carbocycles. The first-order valence-electron chi connectivity index (χ1n) is 9.49. The smallest absolute Gasteiger partial charge is 0.406 e. The maximum Gasteiger partial charge on any atom is 0.573 e. The van der Waals surface area contributed by atoms with Gasteiger partial charge in [0.2, 0.25) is 0 Å². The molecular weight excluding hydrogens is 397 g/mol. The largest absolute Gasteiger partial charge is 0.573 e. The number of rotatable bonds is 4. The highest BCUT2D eigenvalue weighted by molar-refractivity contribution is 6.07. The van der Waals surface area contributed by atoms with Gasteiger partial charge in [-0.15, -0.1) is 13.2 Å². The number of alkyl halides is 3. The van der Waals surface area contributed by atoms with Gasteiger partial charge in [0.25, 0.3) is 5.91 Å². The normalized spacial score (nSPS) is 14.2. The third-order valence-corrected chi connectivity index (χ3v) is 4.85. The van der Waals surface area contributed by atoms with Crippen LogP contribution >= 0.6 is 0 Å². The average Bonchev–Trinajstić information content (AvgIpc) is 3.22. The molecule has 0 radical (unpaired) electrons. The quantitative estimate of drug-likeness (QED) is 0.661. The van der Waals surface area contributed by atoms with Gasteiger partial charge in [-0.05, 0) is 56.2 Å². The number of carbonyl (C=O) groups excluding carboxylic acids is 1. The third-order valence-electron chi connectivity index (χ3n) is 4.85. The number of aryl methyl sites for hydroxylation is 1. The first kappa shape index (κ1) is 19.9. The number of amides is 1. The Labute approximate surface area is 170 Å². The number of fused-ring (bicyclic) bond motifs is 1. The molecule has 6 nitrogen and oxygen atoms in total. The molecule has 1 aliphatic heterocycles. The van der Waals surface area contributed by atoms with Gasteiger partial charge in [-0.3, -0.25) is 4.79 Å². The lowest BCUT2D eigenvalue weighted by Crippen LogP contribution is -2.28. The number of anilines is 2. The van der Waals surface area contributed by atoms with E-state index >= 15 is 0 Å². The lowest BCUT2D eigenvalue weighted by atomic mass is 10.1. The summed E-state index contributed by atoms with van der Waals surface area (Å²) in [5, 5.41) is 3.82. The van der Waals surface area contributed by atoms with Crippen molar-refractivity contribution in [3.8, 4) is 5.75 Å². The van der Waals surface area contributed by atoms with Crippen LogP contribution in [0.15, 0.2) is 42.6 Å². The summed E-state index contributed by atoms with van der Waals surface area (Å²) in [6.45, 7) is 3.22. The fourth-order valence-corrected chi connectivity index (χ4v) is 3.44. The van der Waals surface area contributed by atoms with Gasteiger partial charge in [0.15, 0.2) is 5.65 Å². The Kier molecular flexibility index (Phi) is 5.19. The van der Waals surface area contributed by atoms with Crippen LogP contribution in [0.3, 0.4) is 0 Å². The van der Waals surface area contributed by atoms with Gasteiger partial charge >= 0.3 is 6.36 Å². The second-order valence-corrected chi connectivity index (χ2v) is 7.07. The minimum Gasteiger partial charge on any atom is -0.406 e. The molecule has 30 heavy (non-hydrogen) atoms. The van der Waals surface area contributed by atoms with E-state index in [-0.39, 0.29) is 11.7 Å². The van der Waals surface area contributed by atoms with Crippen LogP contribution in [0.25, 0.3) is 11.0 Å². The van der Waals surface area contributed by atoms with E-state index in [0.717, 1.165) is 18.5 Å². The lowest BCUT2D eigenvalue weighted by molar-refractivity contribution is -0.274. The van der Waals surface area contributed by atoms with E-state index in [4.69, 9.17) is 0 Å². The summed E-state index contributed by atoms with van der Waals surface area (Å²) >= 11 is 0. The minimum absolute atomic E-state index is 0.137. The molecule has 1 fully saturated rings. The van der Waals surface area contributed by atoms with Crippen molar-refractivity contribution < 1.29 is 22.7 Å². The van der Waals surface area contributed by atoms with E-state index in [1.807, 2.05) is 19.1 Å². The van der Waals surface area contributed by atoms with Crippen LogP contribution in [0, 0.1) is 6.92 Å². The Morgan fingerprint density at radius 1 is 1.10 bits per heavy atom. The van der Waals surface area contributed by atoms with Gasteiger partial charge in [-0.2, -0.15) is 0 Å². The Hall–Kier alpha value is -3.36. The molecule has 0 unspecified atom stereocenters. The maximum absolute atomic E-state index is 13.1. The zero-order chi connectivity index (χ0) is 21.3. The van der Waals surface area contributed by atoms with Gasteiger partial charge in [-0.1, -0.05) is 0 Å². The van der Waals surface area contributed by atoms with Crippen LogP contribution in [-0.4, -0.2) is 40.2 Å². The van der Waals surface area contributed by atoms with Gasteiger partial charge < -0.3 is 15.0 Å². The molecule has 1 amide bonds. The standard InChI is InChI=1S/C21H19F3N4O2/c1-13-4-9-16-18(27-14-5-7-15(8-6-14)30-21(22,23)24)17(12-25-19(16)26-13)20(29)28-10-2-3-11-28/h4-9,12H,2-3,10-11H2,1H3,(H,25,26,27). The number of pyridine rings is 2. The molecule has 1 aromatic carbocycles. The summed E-state index contributed by atoms with van der Waals surface area (Å²) in [6, 6.07) is 8.99. The summed E-state index contributed by atoms with van der Waals surface area (Å²) in [4.78, 5) is 23.6. The molecular formula is C21H19F3N4O2. The first-order valence-corrected chi connectivity index (χ1v) is 9.49. The predicted molar refractivity (Wildman–Crippen MR) is 106 cm³/mol. The monoisotopic (exact) mass is 416 g/mol. The van der Waals surface area contributed by atoms with Crippen LogP contribution < -0.4 is 10.1 Å². The van der Waals surface area contributed by atoms with E-state index in [1.54, 1.807) is 4.90 Å². The second kappa shape index (κ2) is 7.81. The van der Waals surface area contributed by atoms with Crippen molar-refractivity contribution in [2.45, 2.75) is 26.1 Å². The molecule has 0 bridgehead atoms. The third kappa shape index (κ3) is 4.29. The highest BCUT2D eigenvalue weighted by atomic mass is 19.4. The molecule has 3 aromatic rings. The molecule has 156 valence electrons. The van der Waals surface area contributed by atoms with Crippen molar-refractivity contribution in [2.24, 2.45) is 0 Å². The first-order chi connectivity index (χ1) is 14.3. The molecule has 3 heterocycles. The van der Waals surface area contributed by atoms with Gasteiger partial charge in [0, 0.05) is 36.1 Å². The van der Waals surface area contributed by atoms with Crippen molar-refractivity contribution in [1.82, 2.24) is 14.9 Å². The molecule has 1 aliphatic rings. The van der Waals surface area contributed by atoms with E-state index in [2.05, 4.69) is 20.0 Å². The number of nitrogens with zero attached hydrogens (tertiary/aromatic N) is 3. The summed E-state index contributed by atoms with van der Waals surface area (Å²) in [6.07, 6.45) is -1.35. The van der Waals surface area contributed by atoms with Crippen molar-refractivity contribution in [3.05, 3.63) is 53.9 Å². The number of likely N-dealkylation sites (tertiary alicyclic amines) is 1. The van der Waals surface area contributed by atoms with E-state index in [9.17, 15) is 18.0 Å². The molecule has 4 rings (SSSR count). The van der Waals surface area contributed by atoms with Crippen LogP contribution in [0.4, 0.5) is 24.5 Å². The summed E-state index contributed by atoms with van der Waals surface area (Å²) in [5.74, 6) is -0.458.